The fraction of sp³-hybridized carbons (Fsp3) is 0.138. The van der Waals surface area contributed by atoms with Crippen molar-refractivity contribution in [1.82, 2.24) is 9.80 Å². The van der Waals surface area contributed by atoms with E-state index >= 15 is 0 Å². The summed E-state index contributed by atoms with van der Waals surface area (Å²) in [5.41, 5.74) is 7.89. The number of amides is 2. The second kappa shape index (κ2) is 9.99. The molecule has 5 rings (SSSR count). The SMILES string of the molecule is CN(Cc1ccc(F)cc1)C(=O)c1csc(CN2C(=O)C(c3ccccc3)(c3ccccc3)N=C2N)c1. The van der Waals surface area contributed by atoms with E-state index in [2.05, 4.69) is 0 Å². The number of benzene rings is 3. The molecule has 1 aliphatic rings. The molecule has 2 N–H and O–H groups in total. The van der Waals surface area contributed by atoms with Crippen LogP contribution in [0.4, 0.5) is 4.39 Å². The first-order valence-corrected chi connectivity index (χ1v) is 12.6. The summed E-state index contributed by atoms with van der Waals surface area (Å²) in [6.45, 7) is 0.556. The molecule has 0 fully saturated rings. The van der Waals surface area contributed by atoms with E-state index in [0.29, 0.717) is 12.1 Å². The highest BCUT2D eigenvalue weighted by Crippen LogP contribution is 2.40. The lowest BCUT2D eigenvalue weighted by Gasteiger charge is -2.27. The summed E-state index contributed by atoms with van der Waals surface area (Å²) >= 11 is 1.38. The summed E-state index contributed by atoms with van der Waals surface area (Å²) in [7, 11) is 1.70. The average molecular weight is 513 g/mol. The normalized spacial score (nSPS) is 14.5. The minimum absolute atomic E-state index is 0.132. The molecule has 0 unspecified atom stereocenters. The summed E-state index contributed by atoms with van der Waals surface area (Å²) < 4.78 is 13.2. The summed E-state index contributed by atoms with van der Waals surface area (Å²) in [5.74, 6) is -0.586. The minimum Gasteiger partial charge on any atom is -0.369 e. The Kier molecular flexibility index (Phi) is 6.58. The largest absolute Gasteiger partial charge is 0.369 e. The van der Waals surface area contributed by atoms with Gasteiger partial charge >= 0.3 is 0 Å². The van der Waals surface area contributed by atoms with Gasteiger partial charge < -0.3 is 10.6 Å². The lowest BCUT2D eigenvalue weighted by Crippen LogP contribution is -2.43. The average Bonchev–Trinajstić information content (AvgIpc) is 3.49. The summed E-state index contributed by atoms with van der Waals surface area (Å²) in [6, 6.07) is 26.6. The Balaban J connectivity index is 1.37. The highest BCUT2D eigenvalue weighted by atomic mass is 32.1. The Bertz CT molecular complexity index is 1410. The van der Waals surface area contributed by atoms with Crippen molar-refractivity contribution >= 4 is 29.1 Å². The number of rotatable bonds is 7. The van der Waals surface area contributed by atoms with E-state index in [4.69, 9.17) is 10.7 Å². The molecule has 0 spiro atoms. The smallest absolute Gasteiger partial charge is 0.266 e. The van der Waals surface area contributed by atoms with Crippen LogP contribution in [0.5, 0.6) is 0 Å². The van der Waals surface area contributed by atoms with Crippen LogP contribution >= 0.6 is 11.3 Å². The second-order valence-electron chi connectivity index (χ2n) is 8.89. The van der Waals surface area contributed by atoms with Crippen LogP contribution in [0.15, 0.2) is 101 Å². The maximum Gasteiger partial charge on any atom is 0.266 e. The van der Waals surface area contributed by atoms with Crippen LogP contribution in [0.3, 0.4) is 0 Å². The Morgan fingerprint density at radius 2 is 1.59 bits per heavy atom. The van der Waals surface area contributed by atoms with Crippen molar-refractivity contribution in [2.75, 3.05) is 7.05 Å². The van der Waals surface area contributed by atoms with Gasteiger partial charge in [0.25, 0.3) is 11.8 Å². The van der Waals surface area contributed by atoms with Crippen molar-refractivity contribution in [2.45, 2.75) is 18.6 Å². The summed E-state index contributed by atoms with van der Waals surface area (Å²) in [4.78, 5) is 35.5. The first-order valence-electron chi connectivity index (χ1n) is 11.7. The monoisotopic (exact) mass is 512 g/mol. The summed E-state index contributed by atoms with van der Waals surface area (Å²) in [5, 5.41) is 1.77. The molecule has 2 heterocycles. The number of carbonyl (C=O) groups is 2. The van der Waals surface area contributed by atoms with Crippen LogP contribution in [-0.2, 0) is 23.4 Å². The number of guanidine groups is 1. The van der Waals surface area contributed by atoms with Gasteiger partial charge in [-0.25, -0.2) is 9.38 Å². The van der Waals surface area contributed by atoms with Crippen LogP contribution in [0.25, 0.3) is 0 Å². The molecule has 186 valence electrons. The molecule has 0 atom stereocenters. The molecule has 2 amide bonds. The van der Waals surface area contributed by atoms with Gasteiger partial charge in [-0.3, -0.25) is 14.5 Å². The molecule has 0 saturated carbocycles. The van der Waals surface area contributed by atoms with Gasteiger partial charge in [0.15, 0.2) is 11.5 Å². The molecule has 0 bridgehead atoms. The predicted molar refractivity (Wildman–Crippen MR) is 142 cm³/mol. The maximum atomic E-state index is 14.0. The van der Waals surface area contributed by atoms with Crippen LogP contribution in [0.2, 0.25) is 0 Å². The number of nitrogens with two attached hydrogens (primary N) is 1. The zero-order valence-electron chi connectivity index (χ0n) is 20.2. The number of hydrogen-bond acceptors (Lipinski definition) is 5. The van der Waals surface area contributed by atoms with E-state index in [9.17, 15) is 14.0 Å². The van der Waals surface area contributed by atoms with Crippen molar-refractivity contribution in [3.8, 4) is 0 Å². The number of nitrogens with zero attached hydrogens (tertiary/aromatic N) is 3. The van der Waals surface area contributed by atoms with E-state index in [1.165, 1.54) is 28.4 Å². The van der Waals surface area contributed by atoms with Crippen LogP contribution in [0, 0.1) is 5.82 Å². The van der Waals surface area contributed by atoms with Gasteiger partial charge in [-0.05, 0) is 34.9 Å². The lowest BCUT2D eigenvalue weighted by molar-refractivity contribution is -0.130. The predicted octanol–water partition coefficient (Wildman–Crippen LogP) is 4.76. The number of halogens is 1. The van der Waals surface area contributed by atoms with E-state index in [-0.39, 0.29) is 30.1 Å². The first kappa shape index (κ1) is 24.4. The quantitative estimate of drug-likeness (QED) is 0.388. The van der Waals surface area contributed by atoms with E-state index in [1.54, 1.807) is 35.5 Å². The highest BCUT2D eigenvalue weighted by molar-refractivity contribution is 7.10. The number of aliphatic imine (C=N–C) groups is 1. The Hall–Kier alpha value is -4.30. The molecular formula is C29H25FN4O2S. The zero-order chi connectivity index (χ0) is 26.0. The van der Waals surface area contributed by atoms with Gasteiger partial charge in [0.2, 0.25) is 0 Å². The number of thiophene rings is 1. The Morgan fingerprint density at radius 3 is 2.19 bits per heavy atom. The van der Waals surface area contributed by atoms with Crippen LogP contribution in [0.1, 0.15) is 31.9 Å². The molecule has 0 radical (unpaired) electrons. The molecular weight excluding hydrogens is 487 g/mol. The number of carbonyl (C=O) groups excluding carboxylic acids is 2. The van der Waals surface area contributed by atoms with Crippen molar-refractivity contribution in [1.29, 1.82) is 0 Å². The van der Waals surface area contributed by atoms with Crippen molar-refractivity contribution in [2.24, 2.45) is 10.7 Å². The van der Waals surface area contributed by atoms with Gasteiger partial charge in [-0.1, -0.05) is 72.8 Å². The van der Waals surface area contributed by atoms with Crippen LogP contribution < -0.4 is 5.73 Å². The third kappa shape index (κ3) is 4.63. The zero-order valence-corrected chi connectivity index (χ0v) is 21.0. The van der Waals surface area contributed by atoms with Gasteiger partial charge in [0.1, 0.15) is 5.82 Å². The first-order chi connectivity index (χ1) is 17.9. The van der Waals surface area contributed by atoms with E-state index in [1.807, 2.05) is 60.7 Å². The lowest BCUT2D eigenvalue weighted by atomic mass is 9.83. The maximum absolute atomic E-state index is 14.0. The van der Waals surface area contributed by atoms with Crippen molar-refractivity contribution < 1.29 is 14.0 Å². The van der Waals surface area contributed by atoms with Gasteiger partial charge in [-0.15, -0.1) is 11.3 Å². The second-order valence-corrected chi connectivity index (χ2v) is 9.89. The van der Waals surface area contributed by atoms with E-state index < -0.39 is 5.54 Å². The molecule has 3 aromatic carbocycles. The highest BCUT2D eigenvalue weighted by Gasteiger charge is 2.50. The van der Waals surface area contributed by atoms with Crippen molar-refractivity contribution in [3.05, 3.63) is 129 Å². The molecule has 6 nitrogen and oxygen atoms in total. The molecule has 0 saturated heterocycles. The topological polar surface area (TPSA) is 79.0 Å². The third-order valence-electron chi connectivity index (χ3n) is 6.39. The standard InChI is InChI=1S/C29H25FN4O2S/c1-33(17-20-12-14-24(30)15-13-20)26(35)21-16-25(37-19-21)18-34-27(36)29(32-28(34)31,22-8-4-2-5-9-22)23-10-6-3-7-11-23/h2-16,19H,17-18H2,1H3,(H2,31,32). The Morgan fingerprint density at radius 1 is 1.00 bits per heavy atom. The molecule has 1 aromatic heterocycles. The minimum atomic E-state index is -1.27. The molecule has 0 aliphatic carbocycles. The Labute approximate surface area is 218 Å². The number of hydrogen-bond donors (Lipinski definition) is 1. The molecule has 37 heavy (non-hydrogen) atoms. The van der Waals surface area contributed by atoms with E-state index in [0.717, 1.165) is 21.6 Å². The van der Waals surface area contributed by atoms with Gasteiger partial charge in [0, 0.05) is 23.8 Å². The molecule has 4 aromatic rings. The van der Waals surface area contributed by atoms with Crippen molar-refractivity contribution in [3.63, 3.8) is 0 Å². The third-order valence-corrected chi connectivity index (χ3v) is 7.31. The fourth-order valence-electron chi connectivity index (χ4n) is 4.52. The summed E-state index contributed by atoms with van der Waals surface area (Å²) in [6.07, 6.45) is 0. The van der Waals surface area contributed by atoms with Gasteiger partial charge in [0.05, 0.1) is 12.1 Å². The molecule has 8 heteroatoms. The van der Waals surface area contributed by atoms with Crippen LogP contribution in [-0.4, -0.2) is 34.6 Å². The van der Waals surface area contributed by atoms with Gasteiger partial charge in [-0.2, -0.15) is 0 Å². The fourth-order valence-corrected chi connectivity index (χ4v) is 5.37. The molecule has 1 aliphatic heterocycles.